The van der Waals surface area contributed by atoms with Crippen LogP contribution in [0, 0.1) is 6.92 Å². The van der Waals surface area contributed by atoms with Gasteiger partial charge in [0.1, 0.15) is 6.04 Å². The molecule has 0 saturated carbocycles. The second-order valence-corrected chi connectivity index (χ2v) is 11.4. The molecular formula is C20H26ClN3O4S2. The number of thiazole rings is 1. The largest absolute Gasteiger partial charge is 0.376 e. The number of fused-ring (bicyclic) bond motifs is 1. The van der Waals surface area contributed by atoms with Gasteiger partial charge in [-0.25, -0.2) is 13.4 Å². The minimum absolute atomic E-state index is 0.0686. The fourth-order valence-corrected chi connectivity index (χ4v) is 6.79. The van der Waals surface area contributed by atoms with Gasteiger partial charge in [-0.05, 0) is 50.3 Å². The number of benzene rings is 1. The van der Waals surface area contributed by atoms with E-state index in [1.165, 1.54) is 21.9 Å². The van der Waals surface area contributed by atoms with Crippen LogP contribution in [-0.2, 0) is 19.6 Å². The van der Waals surface area contributed by atoms with Crippen molar-refractivity contribution in [1.29, 1.82) is 0 Å². The van der Waals surface area contributed by atoms with Gasteiger partial charge in [-0.3, -0.25) is 9.69 Å². The Morgan fingerprint density at radius 3 is 2.83 bits per heavy atom. The van der Waals surface area contributed by atoms with E-state index in [0.29, 0.717) is 36.3 Å². The zero-order valence-corrected chi connectivity index (χ0v) is 19.5. The Morgan fingerprint density at radius 2 is 2.13 bits per heavy atom. The molecule has 1 aromatic heterocycles. The number of halogens is 1. The predicted octanol–water partition coefficient (Wildman–Crippen LogP) is 3.58. The molecule has 2 aromatic rings. The van der Waals surface area contributed by atoms with E-state index in [2.05, 4.69) is 0 Å². The maximum absolute atomic E-state index is 13.7. The normalized spacial score (nSPS) is 23.2. The highest BCUT2D eigenvalue weighted by Crippen LogP contribution is 2.35. The first-order chi connectivity index (χ1) is 14.2. The molecule has 1 aromatic carbocycles. The van der Waals surface area contributed by atoms with Gasteiger partial charge < -0.3 is 4.74 Å². The molecular weight excluding hydrogens is 446 g/mol. The van der Waals surface area contributed by atoms with Crippen LogP contribution in [0.1, 0.15) is 37.7 Å². The van der Waals surface area contributed by atoms with Crippen molar-refractivity contribution in [3.8, 4) is 0 Å². The first-order valence-electron chi connectivity index (χ1n) is 10.2. The van der Waals surface area contributed by atoms with E-state index in [9.17, 15) is 13.2 Å². The van der Waals surface area contributed by atoms with E-state index in [1.807, 2.05) is 19.1 Å². The molecule has 2 aliphatic rings. The molecule has 0 bridgehead atoms. The van der Waals surface area contributed by atoms with Crippen molar-refractivity contribution in [3.05, 3.63) is 22.7 Å². The van der Waals surface area contributed by atoms with Crippen LogP contribution >= 0.6 is 22.9 Å². The van der Waals surface area contributed by atoms with Crippen molar-refractivity contribution >= 4 is 54.2 Å². The van der Waals surface area contributed by atoms with Crippen LogP contribution in [0.5, 0.6) is 0 Å². The van der Waals surface area contributed by atoms with Crippen LogP contribution < -0.4 is 4.90 Å². The standard InChI is InChI=1S/C20H26ClN3O4S2/c1-13-10-14(21)11-17-18(13)22-20(29-17)23(12-15-6-5-9-28-15)19(25)16-7-3-4-8-24(16)30(2,26)27/h10-11,15-16H,3-9,12H2,1-2H3. The highest BCUT2D eigenvalue weighted by atomic mass is 35.5. The Morgan fingerprint density at radius 1 is 1.33 bits per heavy atom. The van der Waals surface area contributed by atoms with E-state index in [4.69, 9.17) is 21.3 Å². The number of ether oxygens (including phenoxy) is 1. The van der Waals surface area contributed by atoms with Gasteiger partial charge >= 0.3 is 0 Å². The number of hydrogen-bond acceptors (Lipinski definition) is 6. The zero-order chi connectivity index (χ0) is 21.5. The predicted molar refractivity (Wildman–Crippen MR) is 120 cm³/mol. The number of carbonyl (C=O) groups is 1. The summed E-state index contributed by atoms with van der Waals surface area (Å²) < 4.78 is 32.7. The summed E-state index contributed by atoms with van der Waals surface area (Å²) >= 11 is 7.61. The van der Waals surface area contributed by atoms with Gasteiger partial charge in [0, 0.05) is 18.2 Å². The number of aromatic nitrogens is 1. The molecule has 2 fully saturated rings. The molecule has 0 radical (unpaired) electrons. The highest BCUT2D eigenvalue weighted by Gasteiger charge is 2.39. The van der Waals surface area contributed by atoms with Gasteiger partial charge in [0.15, 0.2) is 5.13 Å². The monoisotopic (exact) mass is 471 g/mol. The third-order valence-corrected chi connectivity index (χ3v) is 8.24. The molecule has 30 heavy (non-hydrogen) atoms. The van der Waals surface area contributed by atoms with E-state index >= 15 is 0 Å². The van der Waals surface area contributed by atoms with Crippen LogP contribution in [-0.4, -0.2) is 61.7 Å². The number of anilines is 1. The molecule has 2 aliphatic heterocycles. The van der Waals surface area contributed by atoms with Crippen molar-refractivity contribution in [2.24, 2.45) is 0 Å². The molecule has 0 spiro atoms. The molecule has 2 saturated heterocycles. The van der Waals surface area contributed by atoms with Crippen molar-refractivity contribution < 1.29 is 17.9 Å². The van der Waals surface area contributed by atoms with Crippen molar-refractivity contribution in [2.75, 3.05) is 30.9 Å². The van der Waals surface area contributed by atoms with Gasteiger partial charge in [-0.15, -0.1) is 0 Å². The van der Waals surface area contributed by atoms with Crippen LogP contribution in [0.15, 0.2) is 12.1 Å². The number of carbonyl (C=O) groups excluding carboxylic acids is 1. The zero-order valence-electron chi connectivity index (χ0n) is 17.1. The summed E-state index contributed by atoms with van der Waals surface area (Å²) in [5.41, 5.74) is 1.76. The molecule has 7 nitrogen and oxygen atoms in total. The molecule has 2 unspecified atom stereocenters. The minimum Gasteiger partial charge on any atom is -0.376 e. The van der Waals surface area contributed by atoms with Gasteiger partial charge in [-0.2, -0.15) is 4.31 Å². The summed E-state index contributed by atoms with van der Waals surface area (Å²) in [4.78, 5) is 20.1. The third-order valence-electron chi connectivity index (χ3n) is 5.71. The Hall–Kier alpha value is -1.26. The lowest BCUT2D eigenvalue weighted by Crippen LogP contribution is -2.54. The van der Waals surface area contributed by atoms with Crippen LogP contribution in [0.4, 0.5) is 5.13 Å². The van der Waals surface area contributed by atoms with Crippen molar-refractivity contribution in [3.63, 3.8) is 0 Å². The lowest BCUT2D eigenvalue weighted by molar-refractivity contribution is -0.123. The second-order valence-electron chi connectivity index (χ2n) is 8.04. The molecule has 4 rings (SSSR count). The Bertz CT molecular complexity index is 1050. The number of nitrogens with zero attached hydrogens (tertiary/aromatic N) is 3. The average Bonchev–Trinajstić information content (AvgIpc) is 3.34. The minimum atomic E-state index is -3.48. The molecule has 10 heteroatoms. The quantitative estimate of drug-likeness (QED) is 0.665. The van der Waals surface area contributed by atoms with Crippen LogP contribution in [0.2, 0.25) is 5.02 Å². The van der Waals surface area contributed by atoms with E-state index in [0.717, 1.165) is 41.5 Å². The van der Waals surface area contributed by atoms with Gasteiger partial charge in [-0.1, -0.05) is 29.4 Å². The Kier molecular flexibility index (Phi) is 6.37. The number of hydrogen-bond donors (Lipinski definition) is 0. The topological polar surface area (TPSA) is 79.8 Å². The summed E-state index contributed by atoms with van der Waals surface area (Å²) in [5.74, 6) is -0.224. The van der Waals surface area contributed by atoms with Crippen LogP contribution in [0.25, 0.3) is 10.2 Å². The van der Waals surface area contributed by atoms with Gasteiger partial charge in [0.2, 0.25) is 15.9 Å². The Balaban J connectivity index is 1.72. The fraction of sp³-hybridized carbons (Fsp3) is 0.600. The second kappa shape index (κ2) is 8.70. The lowest BCUT2D eigenvalue weighted by atomic mass is 10.0. The maximum Gasteiger partial charge on any atom is 0.247 e. The lowest BCUT2D eigenvalue weighted by Gasteiger charge is -2.35. The number of rotatable bonds is 5. The average molecular weight is 472 g/mol. The fourth-order valence-electron chi connectivity index (χ4n) is 4.24. The van der Waals surface area contributed by atoms with E-state index in [-0.39, 0.29) is 12.0 Å². The van der Waals surface area contributed by atoms with Gasteiger partial charge in [0.25, 0.3) is 0 Å². The smallest absolute Gasteiger partial charge is 0.247 e. The summed E-state index contributed by atoms with van der Waals surface area (Å²) in [6.07, 6.45) is 5.04. The third kappa shape index (κ3) is 4.50. The summed E-state index contributed by atoms with van der Waals surface area (Å²) in [7, 11) is -3.48. The van der Waals surface area contributed by atoms with Gasteiger partial charge in [0.05, 0.1) is 29.1 Å². The molecule has 2 atom stereocenters. The highest BCUT2D eigenvalue weighted by molar-refractivity contribution is 7.88. The first kappa shape index (κ1) is 22.0. The number of aryl methyl sites for hydroxylation is 1. The van der Waals surface area contributed by atoms with Crippen molar-refractivity contribution in [1.82, 2.24) is 9.29 Å². The molecule has 3 heterocycles. The Labute approximate surface area is 186 Å². The van der Waals surface area contributed by atoms with E-state index in [1.54, 1.807) is 4.90 Å². The molecule has 0 N–H and O–H groups in total. The summed E-state index contributed by atoms with van der Waals surface area (Å²) in [6, 6.07) is 3.00. The van der Waals surface area contributed by atoms with Crippen molar-refractivity contribution in [2.45, 2.75) is 51.2 Å². The molecule has 1 amide bonds. The maximum atomic E-state index is 13.7. The number of piperidine rings is 1. The number of amides is 1. The first-order valence-corrected chi connectivity index (χ1v) is 13.2. The van der Waals surface area contributed by atoms with Crippen LogP contribution in [0.3, 0.4) is 0 Å². The van der Waals surface area contributed by atoms with E-state index < -0.39 is 16.1 Å². The summed E-state index contributed by atoms with van der Waals surface area (Å²) in [5, 5.41) is 1.19. The SMILES string of the molecule is Cc1cc(Cl)cc2sc(N(CC3CCCO3)C(=O)C3CCCCN3S(C)(=O)=O)nc12. The number of sulfonamides is 1. The molecule has 0 aliphatic carbocycles. The summed E-state index contributed by atoms with van der Waals surface area (Å²) in [6.45, 7) is 3.37. The molecule has 164 valence electrons.